The second kappa shape index (κ2) is 5.49. The first kappa shape index (κ1) is 14.5. The molecule has 0 bridgehead atoms. The number of nitrogens with two attached hydrogens (primary N) is 1. The molecule has 2 N–H and O–H groups in total. The van der Waals surface area contributed by atoms with E-state index in [1.807, 2.05) is 55.3 Å². The molecule has 4 heteroatoms. The van der Waals surface area contributed by atoms with Crippen molar-refractivity contribution in [2.75, 3.05) is 17.7 Å². The van der Waals surface area contributed by atoms with E-state index in [1.165, 1.54) is 10.8 Å². The zero-order valence-electron chi connectivity index (χ0n) is 13.7. The van der Waals surface area contributed by atoms with Crippen molar-refractivity contribution in [1.29, 1.82) is 0 Å². The van der Waals surface area contributed by atoms with E-state index >= 15 is 0 Å². The summed E-state index contributed by atoms with van der Waals surface area (Å²) in [5, 5.41) is 4.46. The molecule has 4 rings (SSSR count). The quantitative estimate of drug-likeness (QED) is 0.594. The first-order valence-corrected chi connectivity index (χ1v) is 7.89. The van der Waals surface area contributed by atoms with E-state index in [2.05, 4.69) is 29.2 Å². The van der Waals surface area contributed by atoms with Crippen molar-refractivity contribution >= 4 is 39.0 Å². The van der Waals surface area contributed by atoms with E-state index in [4.69, 9.17) is 10.7 Å². The Balaban J connectivity index is 1.92. The molecule has 0 aliphatic heterocycles. The van der Waals surface area contributed by atoms with Crippen molar-refractivity contribution in [2.24, 2.45) is 0 Å². The summed E-state index contributed by atoms with van der Waals surface area (Å²) in [5.41, 5.74) is 7.01. The monoisotopic (exact) mass is 314 g/mol. The van der Waals surface area contributed by atoms with Gasteiger partial charge in [0.05, 0.1) is 0 Å². The van der Waals surface area contributed by atoms with Crippen LogP contribution in [0.5, 0.6) is 0 Å². The Bertz CT molecular complexity index is 1060. The molecule has 24 heavy (non-hydrogen) atoms. The molecule has 0 radical (unpaired) electrons. The molecule has 2 aromatic carbocycles. The highest BCUT2D eigenvalue weighted by Crippen LogP contribution is 2.31. The van der Waals surface area contributed by atoms with Crippen LogP contribution in [-0.2, 0) is 0 Å². The van der Waals surface area contributed by atoms with Crippen molar-refractivity contribution in [1.82, 2.24) is 9.97 Å². The molecule has 2 aromatic heterocycles. The Morgan fingerprint density at radius 3 is 2.21 bits per heavy atom. The molecule has 4 nitrogen and oxygen atoms in total. The highest BCUT2D eigenvalue weighted by Gasteiger charge is 2.13. The van der Waals surface area contributed by atoms with Gasteiger partial charge < -0.3 is 10.6 Å². The SMILES string of the molecule is Cc1nc(N(C)c2nc(N)cc3ccccc23)cc2ccccc12. The minimum Gasteiger partial charge on any atom is -0.384 e. The van der Waals surface area contributed by atoms with Crippen LogP contribution in [0.2, 0.25) is 0 Å². The Morgan fingerprint density at radius 2 is 1.46 bits per heavy atom. The second-order valence-corrected chi connectivity index (χ2v) is 5.94. The van der Waals surface area contributed by atoms with Gasteiger partial charge in [0.2, 0.25) is 0 Å². The van der Waals surface area contributed by atoms with Crippen LogP contribution in [0.1, 0.15) is 5.69 Å². The number of hydrogen-bond acceptors (Lipinski definition) is 4. The number of nitrogens with zero attached hydrogens (tertiary/aromatic N) is 3. The maximum absolute atomic E-state index is 6.00. The largest absolute Gasteiger partial charge is 0.384 e. The van der Waals surface area contributed by atoms with E-state index < -0.39 is 0 Å². The third-order valence-electron chi connectivity index (χ3n) is 4.32. The van der Waals surface area contributed by atoms with Gasteiger partial charge in [-0.2, -0.15) is 0 Å². The van der Waals surface area contributed by atoms with Crippen LogP contribution >= 0.6 is 0 Å². The zero-order chi connectivity index (χ0) is 16.7. The lowest BCUT2D eigenvalue weighted by Crippen LogP contribution is -2.14. The van der Waals surface area contributed by atoms with Gasteiger partial charge in [-0.15, -0.1) is 0 Å². The fraction of sp³-hybridized carbons (Fsp3) is 0.100. The summed E-state index contributed by atoms with van der Waals surface area (Å²) >= 11 is 0. The molecule has 0 saturated heterocycles. The highest BCUT2D eigenvalue weighted by molar-refractivity contribution is 5.96. The summed E-state index contributed by atoms with van der Waals surface area (Å²) in [6.07, 6.45) is 0. The van der Waals surface area contributed by atoms with Crippen LogP contribution in [0, 0.1) is 6.92 Å². The van der Waals surface area contributed by atoms with Crippen molar-refractivity contribution in [3.8, 4) is 0 Å². The smallest absolute Gasteiger partial charge is 0.144 e. The van der Waals surface area contributed by atoms with Crippen LogP contribution in [0.4, 0.5) is 17.5 Å². The number of pyridine rings is 2. The van der Waals surface area contributed by atoms with Gasteiger partial charge >= 0.3 is 0 Å². The minimum atomic E-state index is 0.507. The molecule has 0 amide bonds. The Labute approximate surface area is 140 Å². The van der Waals surface area contributed by atoms with Gasteiger partial charge in [-0.05, 0) is 29.8 Å². The number of rotatable bonds is 2. The van der Waals surface area contributed by atoms with Crippen molar-refractivity contribution < 1.29 is 0 Å². The summed E-state index contributed by atoms with van der Waals surface area (Å²) < 4.78 is 0. The average Bonchev–Trinajstić information content (AvgIpc) is 2.60. The number of fused-ring (bicyclic) bond motifs is 2. The van der Waals surface area contributed by atoms with Crippen LogP contribution in [0.3, 0.4) is 0 Å². The molecule has 0 fully saturated rings. The van der Waals surface area contributed by atoms with Gasteiger partial charge in [-0.25, -0.2) is 9.97 Å². The Kier molecular flexibility index (Phi) is 3.31. The van der Waals surface area contributed by atoms with E-state index in [9.17, 15) is 0 Å². The Hall–Kier alpha value is -3.14. The maximum Gasteiger partial charge on any atom is 0.144 e. The van der Waals surface area contributed by atoms with Crippen LogP contribution < -0.4 is 10.6 Å². The number of hydrogen-bond donors (Lipinski definition) is 1. The molecule has 0 unspecified atom stereocenters. The van der Waals surface area contributed by atoms with E-state index in [1.54, 1.807) is 0 Å². The lowest BCUT2D eigenvalue weighted by atomic mass is 10.1. The summed E-state index contributed by atoms with van der Waals surface area (Å²) in [5.74, 6) is 2.18. The van der Waals surface area contributed by atoms with Crippen molar-refractivity contribution in [2.45, 2.75) is 6.92 Å². The van der Waals surface area contributed by atoms with Gasteiger partial charge in [0.1, 0.15) is 17.5 Å². The fourth-order valence-electron chi connectivity index (χ4n) is 3.09. The predicted octanol–water partition coefficient (Wildman–Crippen LogP) is 4.44. The molecule has 0 saturated carbocycles. The standard InChI is InChI=1S/C20H18N4/c1-13-16-9-5-3-8-15(16)12-19(22-13)24(2)20-17-10-6-4-7-14(17)11-18(21)23-20/h3-12H,1-2H3,(H2,21,23). The first-order valence-electron chi connectivity index (χ1n) is 7.89. The van der Waals surface area contributed by atoms with Crippen molar-refractivity contribution in [3.63, 3.8) is 0 Å². The number of nitrogen functional groups attached to an aromatic ring is 1. The third-order valence-corrected chi connectivity index (χ3v) is 4.32. The van der Waals surface area contributed by atoms with Gasteiger partial charge in [0, 0.05) is 23.5 Å². The number of aryl methyl sites for hydroxylation is 1. The summed E-state index contributed by atoms with van der Waals surface area (Å²) in [7, 11) is 1.98. The molecule has 0 aliphatic carbocycles. The Morgan fingerprint density at radius 1 is 0.833 bits per heavy atom. The molecule has 0 aliphatic rings. The van der Waals surface area contributed by atoms with Gasteiger partial charge in [0.25, 0.3) is 0 Å². The topological polar surface area (TPSA) is 55.0 Å². The highest BCUT2D eigenvalue weighted by atomic mass is 15.2. The lowest BCUT2D eigenvalue weighted by Gasteiger charge is -2.20. The van der Waals surface area contributed by atoms with Crippen LogP contribution in [0.25, 0.3) is 21.5 Å². The van der Waals surface area contributed by atoms with Crippen LogP contribution in [-0.4, -0.2) is 17.0 Å². The summed E-state index contributed by atoms with van der Waals surface area (Å²) in [4.78, 5) is 11.3. The van der Waals surface area contributed by atoms with Crippen molar-refractivity contribution in [3.05, 3.63) is 66.4 Å². The average molecular weight is 314 g/mol. The van der Waals surface area contributed by atoms with Gasteiger partial charge in [-0.3, -0.25) is 0 Å². The van der Waals surface area contributed by atoms with E-state index in [0.717, 1.165) is 28.1 Å². The molecule has 118 valence electrons. The number of aromatic nitrogens is 2. The molecule has 4 aromatic rings. The van der Waals surface area contributed by atoms with Gasteiger partial charge in [0.15, 0.2) is 0 Å². The normalized spacial score (nSPS) is 11.1. The number of benzene rings is 2. The molecule has 0 atom stereocenters. The van der Waals surface area contributed by atoms with E-state index in [-0.39, 0.29) is 0 Å². The van der Waals surface area contributed by atoms with E-state index in [0.29, 0.717) is 5.82 Å². The zero-order valence-corrected chi connectivity index (χ0v) is 13.7. The first-order chi connectivity index (χ1) is 11.6. The predicted molar refractivity (Wildman–Crippen MR) is 101 cm³/mol. The van der Waals surface area contributed by atoms with Crippen LogP contribution in [0.15, 0.2) is 60.7 Å². The second-order valence-electron chi connectivity index (χ2n) is 5.94. The summed E-state index contributed by atoms with van der Waals surface area (Å²) in [6, 6.07) is 20.4. The molecular formula is C20H18N4. The maximum atomic E-state index is 6.00. The lowest BCUT2D eigenvalue weighted by molar-refractivity contribution is 1.08. The number of anilines is 3. The minimum absolute atomic E-state index is 0.507. The third kappa shape index (κ3) is 2.33. The molecule has 2 heterocycles. The summed E-state index contributed by atoms with van der Waals surface area (Å²) in [6.45, 7) is 2.03. The molecular weight excluding hydrogens is 296 g/mol. The fourth-order valence-corrected chi connectivity index (χ4v) is 3.09. The van der Waals surface area contributed by atoms with Gasteiger partial charge in [-0.1, -0.05) is 48.5 Å². The molecule has 0 spiro atoms.